The van der Waals surface area contributed by atoms with Crippen LogP contribution in [0.4, 0.5) is 4.79 Å². The summed E-state index contributed by atoms with van der Waals surface area (Å²) in [6.07, 6.45) is 3.33. The van der Waals surface area contributed by atoms with E-state index in [1.165, 1.54) is 0 Å². The molecule has 0 bridgehead atoms. The summed E-state index contributed by atoms with van der Waals surface area (Å²) in [6, 6.07) is -1.05. The lowest BCUT2D eigenvalue weighted by Crippen LogP contribution is -2.22. The summed E-state index contributed by atoms with van der Waals surface area (Å²) in [5.41, 5.74) is 0.704. The Morgan fingerprint density at radius 2 is 2.36 bits per heavy atom. The van der Waals surface area contributed by atoms with Crippen LogP contribution in [-0.4, -0.2) is 21.7 Å². The molecule has 6 heteroatoms. The van der Waals surface area contributed by atoms with E-state index in [9.17, 15) is 9.59 Å². The second-order valence-corrected chi connectivity index (χ2v) is 3.03. The lowest BCUT2D eigenvalue weighted by Gasteiger charge is -2.01. The van der Waals surface area contributed by atoms with Crippen LogP contribution in [0.3, 0.4) is 0 Å². The molecule has 1 fully saturated rings. The minimum Gasteiger partial charge on any atom is -0.322 e. The molecule has 1 aliphatic rings. The van der Waals surface area contributed by atoms with Crippen LogP contribution in [0.2, 0.25) is 0 Å². The Balaban J connectivity index is 2.22. The predicted octanol–water partition coefficient (Wildman–Crippen LogP) is -0.217. The molecule has 1 atom stereocenters. The monoisotopic (exact) mass is 194 g/mol. The first kappa shape index (κ1) is 8.74. The molecular weight excluding hydrogens is 184 g/mol. The van der Waals surface area contributed by atoms with Crippen LogP contribution >= 0.6 is 0 Å². The lowest BCUT2D eigenvalue weighted by atomic mass is 10.2. The molecule has 74 valence electrons. The van der Waals surface area contributed by atoms with E-state index in [0.717, 1.165) is 6.54 Å². The molecule has 14 heavy (non-hydrogen) atoms. The summed E-state index contributed by atoms with van der Waals surface area (Å²) in [5, 5.41) is 8.70. The summed E-state index contributed by atoms with van der Waals surface area (Å²) in [4.78, 5) is 22.1. The van der Waals surface area contributed by atoms with Crippen LogP contribution in [-0.2, 0) is 11.3 Å². The van der Waals surface area contributed by atoms with E-state index in [4.69, 9.17) is 0 Å². The number of aromatic nitrogens is 2. The number of carbonyl (C=O) groups excluding carboxylic acids is 2. The van der Waals surface area contributed by atoms with Gasteiger partial charge in [-0.15, -0.1) is 0 Å². The number of aryl methyl sites for hydroxylation is 1. The molecule has 2 rings (SSSR count). The fraction of sp³-hybridized carbons (Fsp3) is 0.375. The van der Waals surface area contributed by atoms with Crippen molar-refractivity contribution in [2.24, 2.45) is 0 Å². The Kier molecular flexibility index (Phi) is 1.95. The number of nitrogens with one attached hydrogen (secondary N) is 2. The summed E-state index contributed by atoms with van der Waals surface area (Å²) >= 11 is 0. The first-order valence-corrected chi connectivity index (χ1v) is 4.34. The smallest absolute Gasteiger partial charge is 0.322 e. The van der Waals surface area contributed by atoms with E-state index in [-0.39, 0.29) is 5.91 Å². The average molecular weight is 194 g/mol. The third kappa shape index (κ3) is 1.34. The lowest BCUT2D eigenvalue weighted by molar-refractivity contribution is -0.120. The van der Waals surface area contributed by atoms with Crippen molar-refractivity contribution in [1.29, 1.82) is 0 Å². The summed E-state index contributed by atoms with van der Waals surface area (Å²) in [6.45, 7) is 2.69. The quantitative estimate of drug-likeness (QED) is 0.639. The van der Waals surface area contributed by atoms with E-state index >= 15 is 0 Å². The van der Waals surface area contributed by atoms with Crippen molar-refractivity contribution in [3.8, 4) is 0 Å². The number of imide groups is 1. The maximum absolute atomic E-state index is 11.3. The normalized spacial score (nSPS) is 20.8. The van der Waals surface area contributed by atoms with Crippen molar-refractivity contribution in [1.82, 2.24) is 20.4 Å². The largest absolute Gasteiger partial charge is 0.322 e. The van der Waals surface area contributed by atoms with Gasteiger partial charge in [-0.25, -0.2) is 4.79 Å². The molecule has 1 saturated heterocycles. The zero-order valence-electron chi connectivity index (χ0n) is 7.65. The van der Waals surface area contributed by atoms with Crippen molar-refractivity contribution in [2.45, 2.75) is 19.5 Å². The molecule has 1 aromatic rings. The van der Waals surface area contributed by atoms with Gasteiger partial charge < -0.3 is 5.32 Å². The first-order valence-electron chi connectivity index (χ1n) is 4.34. The highest BCUT2D eigenvalue weighted by Crippen LogP contribution is 2.15. The van der Waals surface area contributed by atoms with Crippen LogP contribution in [0.25, 0.3) is 0 Å². The van der Waals surface area contributed by atoms with Crippen LogP contribution in [0.1, 0.15) is 18.5 Å². The minimum absolute atomic E-state index is 0.328. The topological polar surface area (TPSA) is 76.0 Å². The van der Waals surface area contributed by atoms with Gasteiger partial charge in [-0.1, -0.05) is 0 Å². The molecule has 0 aliphatic carbocycles. The first-order chi connectivity index (χ1) is 6.70. The van der Waals surface area contributed by atoms with Gasteiger partial charge in [0.15, 0.2) is 0 Å². The van der Waals surface area contributed by atoms with Crippen LogP contribution in [0, 0.1) is 0 Å². The van der Waals surface area contributed by atoms with Crippen molar-refractivity contribution >= 4 is 11.9 Å². The number of carbonyl (C=O) groups is 2. The van der Waals surface area contributed by atoms with Gasteiger partial charge in [0.2, 0.25) is 0 Å². The third-order valence-electron chi connectivity index (χ3n) is 2.08. The predicted molar refractivity (Wildman–Crippen MR) is 47.3 cm³/mol. The summed E-state index contributed by atoms with van der Waals surface area (Å²) in [5.74, 6) is -0.328. The molecule has 1 aliphatic heterocycles. The fourth-order valence-electron chi connectivity index (χ4n) is 1.35. The molecule has 2 heterocycles. The molecule has 2 N–H and O–H groups in total. The van der Waals surface area contributed by atoms with E-state index in [2.05, 4.69) is 15.7 Å². The second-order valence-electron chi connectivity index (χ2n) is 3.03. The Labute approximate surface area is 80.3 Å². The maximum atomic E-state index is 11.3. The Morgan fingerprint density at radius 1 is 1.57 bits per heavy atom. The molecule has 0 spiro atoms. The highest BCUT2D eigenvalue weighted by Gasteiger charge is 2.31. The van der Waals surface area contributed by atoms with Crippen molar-refractivity contribution < 1.29 is 9.59 Å². The zero-order valence-corrected chi connectivity index (χ0v) is 7.65. The molecule has 0 radical (unpaired) electrons. The maximum Gasteiger partial charge on any atom is 0.322 e. The average Bonchev–Trinajstić information content (AvgIpc) is 2.71. The van der Waals surface area contributed by atoms with Gasteiger partial charge in [0.25, 0.3) is 5.91 Å². The Hall–Kier alpha value is -1.85. The van der Waals surface area contributed by atoms with Gasteiger partial charge in [-0.2, -0.15) is 5.10 Å². The van der Waals surface area contributed by atoms with Crippen molar-refractivity contribution in [2.75, 3.05) is 0 Å². The second kappa shape index (κ2) is 3.13. The molecule has 6 nitrogen and oxygen atoms in total. The third-order valence-corrected chi connectivity index (χ3v) is 2.08. The highest BCUT2D eigenvalue weighted by molar-refractivity contribution is 6.04. The molecule has 3 amide bonds. The van der Waals surface area contributed by atoms with E-state index in [1.807, 2.05) is 6.92 Å². The van der Waals surface area contributed by atoms with E-state index in [1.54, 1.807) is 17.1 Å². The van der Waals surface area contributed by atoms with E-state index < -0.39 is 12.1 Å². The van der Waals surface area contributed by atoms with Crippen molar-refractivity contribution in [3.05, 3.63) is 18.0 Å². The van der Waals surface area contributed by atoms with Gasteiger partial charge in [-0.3, -0.25) is 14.8 Å². The van der Waals surface area contributed by atoms with Crippen LogP contribution in [0.15, 0.2) is 12.4 Å². The zero-order chi connectivity index (χ0) is 10.1. The summed E-state index contributed by atoms with van der Waals surface area (Å²) in [7, 11) is 0. The molecule has 1 unspecified atom stereocenters. The number of hydrogen-bond donors (Lipinski definition) is 2. The highest BCUT2D eigenvalue weighted by atomic mass is 16.2. The van der Waals surface area contributed by atoms with Gasteiger partial charge in [0.05, 0.1) is 6.20 Å². The molecular formula is C8H10N4O2. The van der Waals surface area contributed by atoms with Gasteiger partial charge in [0, 0.05) is 18.3 Å². The molecule has 0 aromatic carbocycles. The van der Waals surface area contributed by atoms with Gasteiger partial charge in [-0.05, 0) is 6.92 Å². The minimum atomic E-state index is -0.595. The number of rotatable bonds is 2. The van der Waals surface area contributed by atoms with E-state index in [0.29, 0.717) is 5.56 Å². The molecule has 1 aromatic heterocycles. The SMILES string of the molecule is CCn1cc(C2NC(=O)NC2=O)cn1. The van der Waals surface area contributed by atoms with Crippen LogP contribution in [0.5, 0.6) is 0 Å². The number of hydrogen-bond acceptors (Lipinski definition) is 3. The Bertz CT molecular complexity index is 384. The number of urea groups is 1. The summed E-state index contributed by atoms with van der Waals surface area (Å²) < 4.78 is 1.70. The fourth-order valence-corrected chi connectivity index (χ4v) is 1.35. The number of amides is 3. The van der Waals surface area contributed by atoms with Crippen LogP contribution < -0.4 is 10.6 Å². The Morgan fingerprint density at radius 3 is 2.86 bits per heavy atom. The number of nitrogens with zero attached hydrogens (tertiary/aromatic N) is 2. The van der Waals surface area contributed by atoms with Crippen molar-refractivity contribution in [3.63, 3.8) is 0 Å². The standard InChI is InChI=1S/C8H10N4O2/c1-2-12-4-5(3-9-12)6-7(13)11-8(14)10-6/h3-4,6H,2H2,1H3,(H2,10,11,13,14). The van der Waals surface area contributed by atoms with Gasteiger partial charge in [0.1, 0.15) is 6.04 Å². The van der Waals surface area contributed by atoms with Gasteiger partial charge >= 0.3 is 6.03 Å². The molecule has 0 saturated carbocycles.